The monoisotopic (exact) mass is 203 g/mol. The van der Waals surface area contributed by atoms with Crippen LogP contribution < -0.4 is 0 Å². The van der Waals surface area contributed by atoms with Gasteiger partial charge in [0.2, 0.25) is 0 Å². The van der Waals surface area contributed by atoms with Crippen molar-refractivity contribution in [2.24, 2.45) is 0 Å². The van der Waals surface area contributed by atoms with Crippen LogP contribution in [0.25, 0.3) is 0 Å². The molecule has 1 heterocycles. The second-order valence-corrected chi connectivity index (χ2v) is 5.03. The normalized spacial score (nSPS) is 24.5. The summed E-state index contributed by atoms with van der Waals surface area (Å²) in [5.74, 6) is 0.508. The third kappa shape index (κ3) is 4.52. The molecule has 3 nitrogen and oxygen atoms in total. The van der Waals surface area contributed by atoms with Crippen LogP contribution in [0.1, 0.15) is 19.8 Å². The minimum absolute atomic E-state index is 0.304. The van der Waals surface area contributed by atoms with E-state index < -0.39 is 5.97 Å². The van der Waals surface area contributed by atoms with Crippen molar-refractivity contribution in [2.75, 3.05) is 25.4 Å². The number of thioether (sulfide) groups is 1. The van der Waals surface area contributed by atoms with Crippen molar-refractivity contribution in [2.45, 2.75) is 25.0 Å². The molecule has 0 saturated carbocycles. The Morgan fingerprint density at radius 2 is 2.46 bits per heavy atom. The second kappa shape index (κ2) is 5.50. The van der Waals surface area contributed by atoms with E-state index in [0.29, 0.717) is 11.7 Å². The lowest BCUT2D eigenvalue weighted by Crippen LogP contribution is -2.37. The van der Waals surface area contributed by atoms with Gasteiger partial charge in [0.25, 0.3) is 0 Å². The summed E-state index contributed by atoms with van der Waals surface area (Å²) in [6, 6.07) is 0. The number of hydrogen-bond acceptors (Lipinski definition) is 3. The van der Waals surface area contributed by atoms with E-state index in [2.05, 4.69) is 11.8 Å². The van der Waals surface area contributed by atoms with Gasteiger partial charge in [-0.2, -0.15) is 11.8 Å². The van der Waals surface area contributed by atoms with E-state index in [1.165, 1.54) is 5.75 Å². The molecule has 1 saturated heterocycles. The molecule has 13 heavy (non-hydrogen) atoms. The Hall–Kier alpha value is -0.220. The lowest BCUT2D eigenvalue weighted by molar-refractivity contribution is -0.137. The molecule has 76 valence electrons. The first-order chi connectivity index (χ1) is 6.18. The number of nitrogens with zero attached hydrogens (tertiary/aromatic N) is 1. The van der Waals surface area contributed by atoms with Crippen molar-refractivity contribution in [3.8, 4) is 0 Å². The van der Waals surface area contributed by atoms with Gasteiger partial charge in [0, 0.05) is 30.5 Å². The third-order valence-electron chi connectivity index (χ3n) is 2.19. The Balaban J connectivity index is 2.10. The average Bonchev–Trinajstić information content (AvgIpc) is 2.03. The van der Waals surface area contributed by atoms with E-state index in [-0.39, 0.29) is 0 Å². The summed E-state index contributed by atoms with van der Waals surface area (Å²) in [6.45, 7) is 5.41. The maximum absolute atomic E-state index is 10.3. The molecule has 1 unspecified atom stereocenters. The van der Waals surface area contributed by atoms with Crippen molar-refractivity contribution in [3.05, 3.63) is 0 Å². The van der Waals surface area contributed by atoms with Crippen molar-refractivity contribution in [1.82, 2.24) is 4.90 Å². The van der Waals surface area contributed by atoms with E-state index in [1.807, 2.05) is 11.8 Å². The van der Waals surface area contributed by atoms with E-state index in [0.717, 1.165) is 26.1 Å². The predicted molar refractivity (Wildman–Crippen MR) is 55.2 cm³/mol. The average molecular weight is 203 g/mol. The Bertz CT molecular complexity index is 175. The van der Waals surface area contributed by atoms with Crippen LogP contribution in [0.15, 0.2) is 0 Å². The largest absolute Gasteiger partial charge is 0.481 e. The first kappa shape index (κ1) is 10.9. The van der Waals surface area contributed by atoms with Crippen LogP contribution in [0.3, 0.4) is 0 Å². The van der Waals surface area contributed by atoms with E-state index in [9.17, 15) is 4.79 Å². The molecule has 1 atom stereocenters. The lowest BCUT2D eigenvalue weighted by Gasteiger charge is -2.30. The zero-order valence-corrected chi connectivity index (χ0v) is 8.85. The van der Waals surface area contributed by atoms with Gasteiger partial charge >= 0.3 is 5.97 Å². The highest BCUT2D eigenvalue weighted by Crippen LogP contribution is 2.17. The third-order valence-corrected chi connectivity index (χ3v) is 3.33. The maximum Gasteiger partial charge on any atom is 0.303 e. The van der Waals surface area contributed by atoms with Gasteiger partial charge in [-0.05, 0) is 13.0 Å². The zero-order chi connectivity index (χ0) is 9.68. The Kier molecular flexibility index (Phi) is 4.59. The van der Waals surface area contributed by atoms with Crippen LogP contribution >= 0.6 is 11.8 Å². The highest BCUT2D eigenvalue weighted by atomic mass is 32.2. The second-order valence-electron chi connectivity index (χ2n) is 3.48. The number of rotatable bonds is 4. The highest BCUT2D eigenvalue weighted by molar-refractivity contribution is 7.99. The topological polar surface area (TPSA) is 40.5 Å². The summed E-state index contributed by atoms with van der Waals surface area (Å²) in [7, 11) is 0. The minimum atomic E-state index is -0.681. The number of carboxylic acid groups (broad SMARTS) is 1. The van der Waals surface area contributed by atoms with E-state index >= 15 is 0 Å². The molecule has 1 aliphatic heterocycles. The fraction of sp³-hybridized carbons (Fsp3) is 0.889. The van der Waals surface area contributed by atoms with Crippen LogP contribution in [-0.2, 0) is 4.79 Å². The van der Waals surface area contributed by atoms with Gasteiger partial charge < -0.3 is 10.0 Å². The molecule has 0 bridgehead atoms. The van der Waals surface area contributed by atoms with Crippen LogP contribution in [0, 0.1) is 0 Å². The molecule has 0 aliphatic carbocycles. The van der Waals surface area contributed by atoms with Crippen LogP contribution in [0.4, 0.5) is 0 Å². The Labute approximate surface area is 83.5 Å². The summed E-state index contributed by atoms with van der Waals surface area (Å²) in [5, 5.41) is 9.18. The first-order valence-electron chi connectivity index (χ1n) is 4.74. The molecule has 1 rings (SSSR count). The van der Waals surface area contributed by atoms with Gasteiger partial charge in [-0.1, -0.05) is 6.92 Å². The first-order valence-corrected chi connectivity index (χ1v) is 5.79. The Morgan fingerprint density at radius 3 is 3.08 bits per heavy atom. The van der Waals surface area contributed by atoms with Gasteiger partial charge in [0.05, 0.1) is 0 Å². The van der Waals surface area contributed by atoms with Crippen molar-refractivity contribution >= 4 is 17.7 Å². The zero-order valence-electron chi connectivity index (χ0n) is 8.03. The van der Waals surface area contributed by atoms with E-state index in [1.54, 1.807) is 0 Å². The van der Waals surface area contributed by atoms with Gasteiger partial charge in [0.1, 0.15) is 0 Å². The summed E-state index contributed by atoms with van der Waals surface area (Å²) in [4.78, 5) is 12.6. The molecular formula is C9H17NO2S. The van der Waals surface area contributed by atoms with Crippen molar-refractivity contribution < 1.29 is 9.90 Å². The molecule has 0 spiro atoms. The molecule has 0 aromatic rings. The quantitative estimate of drug-likeness (QED) is 0.747. The highest BCUT2D eigenvalue weighted by Gasteiger charge is 2.15. The number of carbonyl (C=O) groups is 1. The smallest absolute Gasteiger partial charge is 0.303 e. The summed E-state index contributed by atoms with van der Waals surface area (Å²) < 4.78 is 0. The van der Waals surface area contributed by atoms with Crippen molar-refractivity contribution in [1.29, 1.82) is 0 Å². The van der Waals surface area contributed by atoms with Gasteiger partial charge in [0.15, 0.2) is 0 Å². The standard InChI is InChI=1S/C9H17NO2S/c1-8-7-10(5-6-13-8)4-2-3-9(11)12/h8H,2-7H2,1H3,(H,11,12). The summed E-state index contributed by atoms with van der Waals surface area (Å²) in [5.41, 5.74) is 0. The fourth-order valence-corrected chi connectivity index (χ4v) is 2.63. The molecule has 1 aliphatic rings. The number of hydrogen-bond donors (Lipinski definition) is 1. The van der Waals surface area contributed by atoms with Crippen LogP contribution in [-0.4, -0.2) is 46.6 Å². The van der Waals surface area contributed by atoms with Crippen molar-refractivity contribution in [3.63, 3.8) is 0 Å². The SMILES string of the molecule is CC1CN(CCCC(=O)O)CCS1. The predicted octanol–water partition coefficient (Wildman–Crippen LogP) is 1.29. The molecule has 0 aromatic carbocycles. The summed E-state index contributed by atoms with van der Waals surface area (Å²) in [6.07, 6.45) is 1.09. The minimum Gasteiger partial charge on any atom is -0.481 e. The molecular weight excluding hydrogens is 186 g/mol. The van der Waals surface area contributed by atoms with Gasteiger partial charge in [-0.25, -0.2) is 0 Å². The molecule has 4 heteroatoms. The fourth-order valence-electron chi connectivity index (χ4n) is 1.55. The maximum atomic E-state index is 10.3. The molecule has 1 N–H and O–H groups in total. The Morgan fingerprint density at radius 1 is 1.69 bits per heavy atom. The van der Waals surface area contributed by atoms with E-state index in [4.69, 9.17) is 5.11 Å². The van der Waals surface area contributed by atoms with Gasteiger partial charge in [-0.15, -0.1) is 0 Å². The van der Waals surface area contributed by atoms with Crippen LogP contribution in [0.5, 0.6) is 0 Å². The summed E-state index contributed by atoms with van der Waals surface area (Å²) >= 11 is 2.00. The molecule has 0 amide bonds. The number of carboxylic acids is 1. The van der Waals surface area contributed by atoms with Gasteiger partial charge in [-0.3, -0.25) is 4.79 Å². The molecule has 1 fully saturated rings. The molecule has 0 aromatic heterocycles. The van der Waals surface area contributed by atoms with Crippen LogP contribution in [0.2, 0.25) is 0 Å². The molecule has 0 radical (unpaired) electrons. The lowest BCUT2D eigenvalue weighted by atomic mass is 10.3. The number of aliphatic carboxylic acids is 1.